The van der Waals surface area contributed by atoms with E-state index in [0.717, 1.165) is 12.8 Å². The molecule has 0 aliphatic rings. The lowest BCUT2D eigenvalue weighted by Gasteiger charge is -2.10. The van der Waals surface area contributed by atoms with Gasteiger partial charge in [0.2, 0.25) is 0 Å². The van der Waals surface area contributed by atoms with E-state index in [2.05, 4.69) is 26.0 Å². The highest BCUT2D eigenvalue weighted by Gasteiger charge is 2.04. The Morgan fingerprint density at radius 2 is 1.90 bits per heavy atom. The molecule has 0 aromatic rings. The number of rotatable bonds is 4. The largest absolute Gasteiger partial charge is 0.393 e. The molecule has 2 atom stereocenters. The van der Waals surface area contributed by atoms with Crippen molar-refractivity contribution >= 4 is 0 Å². The third-order valence-corrected chi connectivity index (χ3v) is 1.73. The lowest BCUT2D eigenvalue weighted by molar-refractivity contribution is 0.136. The minimum absolute atomic E-state index is 0.179. The fraction of sp³-hybridized carbons (Fsp3) is 0.778. The molecule has 1 heteroatoms. The van der Waals surface area contributed by atoms with Crippen LogP contribution in [0.3, 0.4) is 0 Å². The molecule has 2 unspecified atom stereocenters. The van der Waals surface area contributed by atoms with Crippen molar-refractivity contribution in [2.24, 2.45) is 5.92 Å². The van der Waals surface area contributed by atoms with Gasteiger partial charge in [0, 0.05) is 0 Å². The molecule has 1 nitrogen and oxygen atoms in total. The average Bonchev–Trinajstić information content (AvgIpc) is 1.88. The maximum Gasteiger partial charge on any atom is 0.0540 e. The first kappa shape index (κ1) is 9.70. The van der Waals surface area contributed by atoms with Crippen LogP contribution >= 0.6 is 0 Å². The van der Waals surface area contributed by atoms with Gasteiger partial charge in [0.1, 0.15) is 0 Å². The van der Waals surface area contributed by atoms with E-state index in [9.17, 15) is 0 Å². The summed E-state index contributed by atoms with van der Waals surface area (Å²) in [7, 11) is 0. The van der Waals surface area contributed by atoms with Crippen molar-refractivity contribution in [1.29, 1.82) is 0 Å². The minimum atomic E-state index is -0.179. The van der Waals surface area contributed by atoms with E-state index < -0.39 is 0 Å². The fourth-order valence-corrected chi connectivity index (χ4v) is 0.674. The summed E-state index contributed by atoms with van der Waals surface area (Å²) in [4.78, 5) is 0. The van der Waals surface area contributed by atoms with Crippen LogP contribution in [0.1, 0.15) is 33.6 Å². The Balaban J connectivity index is 3.38. The van der Waals surface area contributed by atoms with Gasteiger partial charge in [-0.2, -0.15) is 0 Å². The topological polar surface area (TPSA) is 20.2 Å². The van der Waals surface area contributed by atoms with Gasteiger partial charge in [-0.05, 0) is 25.7 Å². The molecule has 0 aliphatic carbocycles. The van der Waals surface area contributed by atoms with Gasteiger partial charge in [-0.1, -0.05) is 26.0 Å². The van der Waals surface area contributed by atoms with Gasteiger partial charge < -0.3 is 5.11 Å². The molecule has 0 spiro atoms. The minimum Gasteiger partial charge on any atom is -0.393 e. The Labute approximate surface area is 63.8 Å². The SMILES string of the molecule is CCC=CCC(C)C(C)O. The fourth-order valence-electron chi connectivity index (χ4n) is 0.674. The molecule has 0 rings (SSSR count). The van der Waals surface area contributed by atoms with Crippen LogP contribution in [0, 0.1) is 5.92 Å². The van der Waals surface area contributed by atoms with Crippen LogP contribution in [0.5, 0.6) is 0 Å². The van der Waals surface area contributed by atoms with Crippen LogP contribution in [0.2, 0.25) is 0 Å². The second-order valence-electron chi connectivity index (χ2n) is 2.83. The summed E-state index contributed by atoms with van der Waals surface area (Å²) in [5.41, 5.74) is 0. The molecule has 0 saturated carbocycles. The molecule has 0 bridgehead atoms. The van der Waals surface area contributed by atoms with Gasteiger partial charge in [-0.25, -0.2) is 0 Å². The number of allylic oxidation sites excluding steroid dienone is 2. The first-order valence-electron chi connectivity index (χ1n) is 4.01. The summed E-state index contributed by atoms with van der Waals surface area (Å²) in [5.74, 6) is 0.391. The van der Waals surface area contributed by atoms with Crippen molar-refractivity contribution < 1.29 is 5.11 Å². The average molecular weight is 142 g/mol. The Hall–Kier alpha value is -0.300. The van der Waals surface area contributed by atoms with Crippen molar-refractivity contribution in [3.05, 3.63) is 12.2 Å². The van der Waals surface area contributed by atoms with E-state index in [-0.39, 0.29) is 6.10 Å². The van der Waals surface area contributed by atoms with Crippen molar-refractivity contribution in [1.82, 2.24) is 0 Å². The van der Waals surface area contributed by atoms with E-state index in [1.165, 1.54) is 0 Å². The van der Waals surface area contributed by atoms with E-state index in [1.54, 1.807) is 0 Å². The first-order chi connectivity index (χ1) is 4.68. The molecular formula is C9H18O. The van der Waals surface area contributed by atoms with Crippen LogP contribution < -0.4 is 0 Å². The highest BCUT2D eigenvalue weighted by Crippen LogP contribution is 2.07. The summed E-state index contributed by atoms with van der Waals surface area (Å²) in [6.45, 7) is 6.01. The predicted molar refractivity (Wildman–Crippen MR) is 44.9 cm³/mol. The van der Waals surface area contributed by atoms with Crippen LogP contribution in [-0.4, -0.2) is 11.2 Å². The molecule has 60 valence electrons. The Morgan fingerprint density at radius 1 is 1.30 bits per heavy atom. The van der Waals surface area contributed by atoms with Gasteiger partial charge >= 0.3 is 0 Å². The zero-order valence-corrected chi connectivity index (χ0v) is 7.17. The molecule has 0 aliphatic heterocycles. The monoisotopic (exact) mass is 142 g/mol. The van der Waals surface area contributed by atoms with E-state index in [4.69, 9.17) is 5.11 Å². The second kappa shape index (κ2) is 5.48. The quantitative estimate of drug-likeness (QED) is 0.597. The van der Waals surface area contributed by atoms with Gasteiger partial charge in [-0.3, -0.25) is 0 Å². The highest BCUT2D eigenvalue weighted by molar-refractivity contribution is 4.82. The third-order valence-electron chi connectivity index (χ3n) is 1.73. The normalized spacial score (nSPS) is 17.6. The molecular weight excluding hydrogens is 124 g/mol. The van der Waals surface area contributed by atoms with Gasteiger partial charge in [0.05, 0.1) is 6.10 Å². The molecule has 0 saturated heterocycles. The maximum absolute atomic E-state index is 9.09. The van der Waals surface area contributed by atoms with Crippen molar-refractivity contribution in [2.45, 2.75) is 39.7 Å². The number of aliphatic hydroxyl groups is 1. The van der Waals surface area contributed by atoms with E-state index in [1.807, 2.05) is 6.92 Å². The van der Waals surface area contributed by atoms with Crippen LogP contribution in [0.4, 0.5) is 0 Å². The summed E-state index contributed by atoms with van der Waals surface area (Å²) < 4.78 is 0. The molecule has 0 aromatic carbocycles. The summed E-state index contributed by atoms with van der Waals surface area (Å²) >= 11 is 0. The standard InChI is InChI=1S/C9H18O/c1-4-5-6-7-8(2)9(3)10/h5-6,8-10H,4,7H2,1-3H3. The summed E-state index contributed by atoms with van der Waals surface area (Å²) in [6.07, 6.45) is 6.18. The number of hydrogen-bond acceptors (Lipinski definition) is 1. The predicted octanol–water partition coefficient (Wildman–Crippen LogP) is 2.36. The molecule has 0 amide bonds. The third kappa shape index (κ3) is 4.57. The van der Waals surface area contributed by atoms with E-state index in [0.29, 0.717) is 5.92 Å². The van der Waals surface area contributed by atoms with Gasteiger partial charge in [0.25, 0.3) is 0 Å². The lowest BCUT2D eigenvalue weighted by Crippen LogP contribution is -2.11. The summed E-state index contributed by atoms with van der Waals surface area (Å²) in [5, 5.41) is 9.09. The van der Waals surface area contributed by atoms with Crippen LogP contribution in [-0.2, 0) is 0 Å². The van der Waals surface area contributed by atoms with Crippen molar-refractivity contribution in [2.75, 3.05) is 0 Å². The molecule has 1 N–H and O–H groups in total. The molecule has 0 fully saturated rings. The lowest BCUT2D eigenvalue weighted by atomic mass is 10.0. The highest BCUT2D eigenvalue weighted by atomic mass is 16.3. The first-order valence-corrected chi connectivity index (χ1v) is 4.01. The zero-order valence-electron chi connectivity index (χ0n) is 7.17. The molecule has 0 heterocycles. The smallest absolute Gasteiger partial charge is 0.0540 e. The number of aliphatic hydroxyl groups excluding tert-OH is 1. The second-order valence-corrected chi connectivity index (χ2v) is 2.83. The Morgan fingerprint density at radius 3 is 2.30 bits per heavy atom. The summed E-state index contributed by atoms with van der Waals surface area (Å²) in [6, 6.07) is 0. The van der Waals surface area contributed by atoms with Crippen molar-refractivity contribution in [3.8, 4) is 0 Å². The zero-order chi connectivity index (χ0) is 7.98. The van der Waals surface area contributed by atoms with Gasteiger partial charge in [-0.15, -0.1) is 0 Å². The molecule has 0 aromatic heterocycles. The Bertz CT molecular complexity index is 94.9. The Kier molecular flexibility index (Phi) is 5.32. The van der Waals surface area contributed by atoms with Crippen LogP contribution in [0.25, 0.3) is 0 Å². The van der Waals surface area contributed by atoms with Crippen molar-refractivity contribution in [3.63, 3.8) is 0 Å². The molecule has 0 radical (unpaired) electrons. The number of hydrogen-bond donors (Lipinski definition) is 1. The molecule has 10 heavy (non-hydrogen) atoms. The maximum atomic E-state index is 9.09. The van der Waals surface area contributed by atoms with E-state index >= 15 is 0 Å². The van der Waals surface area contributed by atoms with Gasteiger partial charge in [0.15, 0.2) is 0 Å². The van der Waals surface area contributed by atoms with Crippen LogP contribution in [0.15, 0.2) is 12.2 Å².